The number of allylic oxidation sites excluding steroid dienone is 2. The number of aliphatic imine (C=N–C) groups is 1. The van der Waals surface area contributed by atoms with Crippen LogP contribution >= 0.6 is 0 Å². The Kier molecular flexibility index (Phi) is 13.2. The van der Waals surface area contributed by atoms with Crippen molar-refractivity contribution in [3.05, 3.63) is 47.2 Å². The van der Waals surface area contributed by atoms with Gasteiger partial charge in [-0.25, -0.2) is 9.38 Å². The molecule has 0 radical (unpaired) electrons. The van der Waals surface area contributed by atoms with Crippen molar-refractivity contribution in [3.8, 4) is 0 Å². The maximum Gasteiger partial charge on any atom is 0.181 e. The van der Waals surface area contributed by atoms with Gasteiger partial charge in [0.05, 0.1) is 6.04 Å². The smallest absolute Gasteiger partial charge is 0.181 e. The minimum Gasteiger partial charge on any atom is -0.353 e. The summed E-state index contributed by atoms with van der Waals surface area (Å²) in [6, 6.07) is 9.87. The van der Waals surface area contributed by atoms with E-state index in [9.17, 15) is 9.18 Å². The summed E-state index contributed by atoms with van der Waals surface area (Å²) in [6.07, 6.45) is 4.97. The van der Waals surface area contributed by atoms with Crippen LogP contribution in [0.25, 0.3) is 0 Å². The zero-order chi connectivity index (χ0) is 25.0. The maximum absolute atomic E-state index is 14.7. The Labute approximate surface area is 202 Å². The van der Waals surface area contributed by atoms with Crippen molar-refractivity contribution in [3.63, 3.8) is 0 Å². The van der Waals surface area contributed by atoms with Crippen LogP contribution in [0.4, 0.5) is 4.39 Å². The molecule has 4 heteroatoms. The fourth-order valence-electron chi connectivity index (χ4n) is 4.13. The van der Waals surface area contributed by atoms with Crippen molar-refractivity contribution < 1.29 is 9.18 Å². The Morgan fingerprint density at radius 1 is 1.15 bits per heavy atom. The second kappa shape index (κ2) is 15.0. The quantitative estimate of drug-likeness (QED) is 0.330. The molecule has 0 amide bonds. The summed E-state index contributed by atoms with van der Waals surface area (Å²) < 4.78 is 14.7. The number of ketones is 1. The zero-order valence-corrected chi connectivity index (χ0v) is 22.3. The molecule has 33 heavy (non-hydrogen) atoms. The molecule has 1 aliphatic rings. The lowest BCUT2D eigenvalue weighted by Crippen LogP contribution is -2.27. The van der Waals surface area contributed by atoms with Crippen molar-refractivity contribution >= 4 is 11.6 Å². The summed E-state index contributed by atoms with van der Waals surface area (Å²) >= 11 is 0. The van der Waals surface area contributed by atoms with E-state index < -0.39 is 6.17 Å². The number of carbonyl (C=O) groups excluding carboxylic acids is 1. The summed E-state index contributed by atoms with van der Waals surface area (Å²) in [6.45, 7) is 15.1. The molecule has 1 saturated heterocycles. The number of alkyl halides is 1. The number of hydrogen-bond donors (Lipinski definition) is 0. The van der Waals surface area contributed by atoms with Crippen LogP contribution in [0.5, 0.6) is 0 Å². The van der Waals surface area contributed by atoms with E-state index in [1.165, 1.54) is 12.8 Å². The third-order valence-corrected chi connectivity index (χ3v) is 6.48. The number of halogens is 1. The summed E-state index contributed by atoms with van der Waals surface area (Å²) in [5, 5.41) is 0. The molecule has 0 aliphatic carbocycles. The summed E-state index contributed by atoms with van der Waals surface area (Å²) in [5.41, 5.74) is 2.46. The highest BCUT2D eigenvalue weighted by Crippen LogP contribution is 2.34. The second-order valence-corrected chi connectivity index (χ2v) is 9.86. The molecule has 1 aromatic rings. The van der Waals surface area contributed by atoms with Gasteiger partial charge >= 0.3 is 0 Å². The number of benzene rings is 1. The van der Waals surface area contributed by atoms with Gasteiger partial charge in [0.15, 0.2) is 12.0 Å². The van der Waals surface area contributed by atoms with Crippen LogP contribution in [-0.4, -0.2) is 29.7 Å². The number of carbonyl (C=O) groups is 1. The lowest BCUT2D eigenvalue weighted by molar-refractivity contribution is -0.115. The zero-order valence-electron chi connectivity index (χ0n) is 22.3. The summed E-state index contributed by atoms with van der Waals surface area (Å²) in [5.74, 6) is 2.21. The molecule has 2 rings (SSSR count). The van der Waals surface area contributed by atoms with Crippen molar-refractivity contribution in [2.45, 2.75) is 106 Å². The highest BCUT2D eigenvalue weighted by molar-refractivity contribution is 6.00. The normalized spacial score (nSPS) is 21.0. The minimum absolute atomic E-state index is 0.0254. The van der Waals surface area contributed by atoms with Crippen LogP contribution in [-0.2, 0) is 4.79 Å². The minimum atomic E-state index is -1.14. The van der Waals surface area contributed by atoms with E-state index in [1.807, 2.05) is 56.1 Å². The molecule has 3 atom stereocenters. The molecule has 1 heterocycles. The number of unbranched alkanes of at least 4 members (excludes halogenated alkanes) is 1. The molecule has 0 bridgehead atoms. The standard InChI is InChI=1S/C21H29FN2O.C8H18/c1-5-7-13-19(25)20(15(3)6-2)23-21-17(22)14-18(24(21)4)16-11-9-8-10-12-16;1-5-8(4)6-7(2)3/h8-12,17-18H,5-7,13-14H2,1-4H3;7-8H,5-6H2,1-4H3. The highest BCUT2D eigenvalue weighted by atomic mass is 19.1. The predicted octanol–water partition coefficient (Wildman–Crippen LogP) is 8.32. The Bertz CT molecular complexity index is 769. The van der Waals surface area contributed by atoms with E-state index in [-0.39, 0.29) is 11.8 Å². The third kappa shape index (κ3) is 9.43. The third-order valence-electron chi connectivity index (χ3n) is 6.48. The van der Waals surface area contributed by atoms with Gasteiger partial charge in [-0.1, -0.05) is 84.7 Å². The van der Waals surface area contributed by atoms with Gasteiger partial charge in [0.25, 0.3) is 0 Å². The van der Waals surface area contributed by atoms with E-state index in [0.29, 0.717) is 24.4 Å². The van der Waals surface area contributed by atoms with Crippen LogP contribution in [0.2, 0.25) is 0 Å². The molecule has 3 nitrogen and oxygen atoms in total. The highest BCUT2D eigenvalue weighted by Gasteiger charge is 2.36. The SMILES string of the molecule is CCC(C)CC(C)C.CCCCC(=O)C(N=C1C(F)CC(c2ccccc2)N1C)=C(C)CC. The lowest BCUT2D eigenvalue weighted by atomic mass is 9.97. The van der Waals surface area contributed by atoms with Gasteiger partial charge in [-0.15, -0.1) is 0 Å². The van der Waals surface area contributed by atoms with Gasteiger partial charge in [-0.05, 0) is 49.2 Å². The molecule has 0 aromatic heterocycles. The first kappa shape index (κ1) is 29.1. The van der Waals surface area contributed by atoms with Crippen LogP contribution in [0.1, 0.15) is 105 Å². The fraction of sp³-hybridized carbons (Fsp3) is 0.655. The van der Waals surface area contributed by atoms with Crippen LogP contribution in [0.3, 0.4) is 0 Å². The number of likely N-dealkylation sites (tertiary alicyclic amines) is 1. The Morgan fingerprint density at radius 3 is 2.27 bits per heavy atom. The van der Waals surface area contributed by atoms with Gasteiger partial charge in [0, 0.05) is 19.9 Å². The lowest BCUT2D eigenvalue weighted by Gasteiger charge is -2.22. The molecule has 1 aliphatic heterocycles. The average Bonchev–Trinajstić information content (AvgIpc) is 3.08. The van der Waals surface area contributed by atoms with E-state index in [0.717, 1.165) is 42.2 Å². The first-order chi connectivity index (χ1) is 15.7. The van der Waals surface area contributed by atoms with Gasteiger partial charge in [0.1, 0.15) is 11.5 Å². The second-order valence-electron chi connectivity index (χ2n) is 9.86. The Hall–Kier alpha value is -1.97. The average molecular weight is 459 g/mol. The van der Waals surface area contributed by atoms with Crippen molar-refractivity contribution in [2.24, 2.45) is 16.8 Å². The van der Waals surface area contributed by atoms with E-state index >= 15 is 0 Å². The van der Waals surface area contributed by atoms with Crippen molar-refractivity contribution in [1.29, 1.82) is 0 Å². The van der Waals surface area contributed by atoms with Gasteiger partial charge in [-0.2, -0.15) is 0 Å². The van der Waals surface area contributed by atoms with Crippen molar-refractivity contribution in [2.75, 3.05) is 7.05 Å². The van der Waals surface area contributed by atoms with Gasteiger partial charge in [-0.3, -0.25) is 4.79 Å². The maximum atomic E-state index is 14.7. The number of rotatable bonds is 10. The summed E-state index contributed by atoms with van der Waals surface area (Å²) in [4.78, 5) is 19.0. The molecular weight excluding hydrogens is 411 g/mol. The molecule has 0 saturated carbocycles. The Morgan fingerprint density at radius 2 is 1.79 bits per heavy atom. The number of nitrogens with zero attached hydrogens (tertiary/aromatic N) is 2. The molecule has 1 fully saturated rings. The van der Waals surface area contributed by atoms with Gasteiger partial charge in [0.2, 0.25) is 0 Å². The molecule has 1 aromatic carbocycles. The monoisotopic (exact) mass is 458 g/mol. The van der Waals surface area contributed by atoms with Crippen LogP contribution in [0.15, 0.2) is 46.6 Å². The Balaban J connectivity index is 0.000000582. The van der Waals surface area contributed by atoms with Crippen molar-refractivity contribution in [1.82, 2.24) is 4.90 Å². The van der Waals surface area contributed by atoms with Gasteiger partial charge < -0.3 is 4.90 Å². The number of amidine groups is 1. The van der Waals surface area contributed by atoms with Crippen LogP contribution in [0, 0.1) is 11.8 Å². The van der Waals surface area contributed by atoms with E-state index in [4.69, 9.17) is 0 Å². The fourth-order valence-corrected chi connectivity index (χ4v) is 4.13. The molecule has 3 unspecified atom stereocenters. The predicted molar refractivity (Wildman–Crippen MR) is 140 cm³/mol. The molecular formula is C29H47FN2O. The van der Waals surface area contributed by atoms with E-state index in [1.54, 1.807) is 0 Å². The first-order valence-electron chi connectivity index (χ1n) is 12.9. The number of hydrogen-bond acceptors (Lipinski definition) is 2. The largest absolute Gasteiger partial charge is 0.353 e. The summed E-state index contributed by atoms with van der Waals surface area (Å²) in [7, 11) is 1.87. The topological polar surface area (TPSA) is 32.7 Å². The first-order valence-corrected chi connectivity index (χ1v) is 12.9. The van der Waals surface area contributed by atoms with E-state index in [2.05, 4.69) is 39.6 Å². The molecule has 186 valence electrons. The van der Waals surface area contributed by atoms with Crippen LogP contribution < -0.4 is 0 Å². The number of Topliss-reactive ketones (excluding diaryl/α,β-unsaturated/α-hetero) is 1. The molecule has 0 N–H and O–H groups in total. The molecule has 0 spiro atoms.